The first kappa shape index (κ1) is 23.4. The molecule has 0 radical (unpaired) electrons. The van der Waals surface area contributed by atoms with Crippen molar-refractivity contribution in [3.05, 3.63) is 64.7 Å². The molecule has 1 atom stereocenters. The first-order chi connectivity index (χ1) is 15.4. The first-order valence-electron chi connectivity index (χ1n) is 11.2. The molecule has 1 N–H and O–H groups in total. The van der Waals surface area contributed by atoms with Gasteiger partial charge in [-0.2, -0.15) is 0 Å². The number of anilines is 1. The zero-order valence-electron chi connectivity index (χ0n) is 19.5. The Morgan fingerprint density at radius 2 is 1.72 bits per heavy atom. The highest BCUT2D eigenvalue weighted by Crippen LogP contribution is 2.40. The minimum absolute atomic E-state index is 0.128. The molecule has 6 heteroatoms. The summed E-state index contributed by atoms with van der Waals surface area (Å²) in [6, 6.07) is 12.5. The fraction of sp³-hybridized carbons (Fsp3) is 0.385. The monoisotopic (exact) mass is 436 g/mol. The summed E-state index contributed by atoms with van der Waals surface area (Å²) in [5.74, 6) is -0.694. The SMILES string of the molecule is CCCN1C(=O)C(=O)/C(=C(\O)c2ccc(OC)c(C)c2)C1c1ccc(N(CC)CC)cc1. The molecule has 32 heavy (non-hydrogen) atoms. The van der Waals surface area contributed by atoms with Crippen molar-refractivity contribution < 1.29 is 19.4 Å². The highest BCUT2D eigenvalue weighted by atomic mass is 16.5. The number of carbonyl (C=O) groups is 2. The van der Waals surface area contributed by atoms with E-state index in [9.17, 15) is 14.7 Å². The maximum atomic E-state index is 13.0. The summed E-state index contributed by atoms with van der Waals surface area (Å²) >= 11 is 0. The number of amides is 1. The van der Waals surface area contributed by atoms with Crippen molar-refractivity contribution >= 4 is 23.1 Å². The molecule has 1 unspecified atom stereocenters. The smallest absolute Gasteiger partial charge is 0.295 e. The average molecular weight is 437 g/mol. The Morgan fingerprint density at radius 3 is 2.25 bits per heavy atom. The second-order valence-corrected chi connectivity index (χ2v) is 7.94. The maximum Gasteiger partial charge on any atom is 0.295 e. The van der Waals surface area contributed by atoms with Crippen molar-refractivity contribution in [3.63, 3.8) is 0 Å². The van der Waals surface area contributed by atoms with Crippen LogP contribution in [0.25, 0.3) is 5.76 Å². The van der Waals surface area contributed by atoms with E-state index in [0.29, 0.717) is 24.3 Å². The van der Waals surface area contributed by atoms with Gasteiger partial charge in [-0.15, -0.1) is 0 Å². The number of nitrogens with zero attached hydrogens (tertiary/aromatic N) is 2. The van der Waals surface area contributed by atoms with E-state index in [2.05, 4.69) is 18.7 Å². The number of aliphatic hydroxyl groups excluding tert-OH is 1. The lowest BCUT2D eigenvalue weighted by atomic mass is 9.94. The molecule has 1 heterocycles. The van der Waals surface area contributed by atoms with Gasteiger partial charge in [-0.25, -0.2) is 0 Å². The van der Waals surface area contributed by atoms with Crippen LogP contribution in [0, 0.1) is 6.92 Å². The van der Waals surface area contributed by atoms with Crippen LogP contribution < -0.4 is 9.64 Å². The molecule has 1 amide bonds. The zero-order chi connectivity index (χ0) is 23.4. The molecule has 170 valence electrons. The number of carbonyl (C=O) groups excluding carboxylic acids is 2. The minimum Gasteiger partial charge on any atom is -0.507 e. The molecule has 2 aromatic rings. The van der Waals surface area contributed by atoms with E-state index >= 15 is 0 Å². The van der Waals surface area contributed by atoms with E-state index < -0.39 is 17.7 Å². The predicted molar refractivity (Wildman–Crippen MR) is 127 cm³/mol. The van der Waals surface area contributed by atoms with Gasteiger partial charge in [0.25, 0.3) is 11.7 Å². The number of rotatable bonds is 8. The Kier molecular flexibility index (Phi) is 7.23. The predicted octanol–water partition coefficient (Wildman–Crippen LogP) is 4.68. The molecule has 3 rings (SSSR count). The van der Waals surface area contributed by atoms with Crippen LogP contribution in [0.5, 0.6) is 5.75 Å². The van der Waals surface area contributed by atoms with Crippen LogP contribution in [0.2, 0.25) is 0 Å². The Bertz CT molecular complexity index is 1020. The quantitative estimate of drug-likeness (QED) is 0.370. The normalized spacial score (nSPS) is 17.7. The average Bonchev–Trinajstić information content (AvgIpc) is 3.05. The molecular weight excluding hydrogens is 404 g/mol. The van der Waals surface area contributed by atoms with Crippen molar-refractivity contribution in [1.29, 1.82) is 0 Å². The number of benzene rings is 2. The van der Waals surface area contributed by atoms with E-state index in [-0.39, 0.29) is 11.3 Å². The number of hydrogen-bond donors (Lipinski definition) is 1. The van der Waals surface area contributed by atoms with Gasteiger partial charge in [0.1, 0.15) is 11.5 Å². The van der Waals surface area contributed by atoms with Gasteiger partial charge in [0, 0.05) is 30.9 Å². The summed E-state index contributed by atoms with van der Waals surface area (Å²) in [6.07, 6.45) is 0.711. The Labute approximate surface area is 190 Å². The number of hydrogen-bond acceptors (Lipinski definition) is 5. The second kappa shape index (κ2) is 9.90. The van der Waals surface area contributed by atoms with Gasteiger partial charge in [0.15, 0.2) is 0 Å². The van der Waals surface area contributed by atoms with E-state index in [1.165, 1.54) is 0 Å². The molecule has 1 aliphatic rings. The van der Waals surface area contributed by atoms with Gasteiger partial charge in [-0.05, 0) is 68.7 Å². The van der Waals surface area contributed by atoms with Crippen LogP contribution in [-0.4, -0.2) is 48.4 Å². The topological polar surface area (TPSA) is 70.1 Å². The van der Waals surface area contributed by atoms with Crippen molar-refractivity contribution in [3.8, 4) is 5.75 Å². The van der Waals surface area contributed by atoms with Crippen LogP contribution in [0.15, 0.2) is 48.0 Å². The molecule has 0 aromatic heterocycles. The lowest BCUT2D eigenvalue weighted by Crippen LogP contribution is -2.30. The van der Waals surface area contributed by atoms with Crippen molar-refractivity contribution in [2.75, 3.05) is 31.6 Å². The number of aryl methyl sites for hydroxylation is 1. The van der Waals surface area contributed by atoms with Crippen LogP contribution in [0.1, 0.15) is 49.9 Å². The Morgan fingerprint density at radius 1 is 1.06 bits per heavy atom. The van der Waals surface area contributed by atoms with Crippen molar-refractivity contribution in [1.82, 2.24) is 4.90 Å². The first-order valence-corrected chi connectivity index (χ1v) is 11.2. The van der Waals surface area contributed by atoms with Gasteiger partial charge >= 0.3 is 0 Å². The lowest BCUT2D eigenvalue weighted by molar-refractivity contribution is -0.139. The summed E-state index contributed by atoms with van der Waals surface area (Å²) in [6.45, 7) is 10.3. The second-order valence-electron chi connectivity index (χ2n) is 7.94. The fourth-order valence-corrected chi connectivity index (χ4v) is 4.34. The van der Waals surface area contributed by atoms with Gasteiger partial charge in [-0.3, -0.25) is 9.59 Å². The molecule has 1 saturated heterocycles. The van der Waals surface area contributed by atoms with E-state index in [0.717, 1.165) is 29.9 Å². The molecule has 2 aromatic carbocycles. The summed E-state index contributed by atoms with van der Waals surface area (Å²) in [7, 11) is 1.58. The molecule has 0 spiro atoms. The number of methoxy groups -OCH3 is 1. The minimum atomic E-state index is -0.651. The van der Waals surface area contributed by atoms with E-state index in [1.807, 2.05) is 38.1 Å². The van der Waals surface area contributed by atoms with Crippen LogP contribution in [0.4, 0.5) is 5.69 Å². The Hall–Kier alpha value is -3.28. The summed E-state index contributed by atoms with van der Waals surface area (Å²) in [5, 5.41) is 11.2. The van der Waals surface area contributed by atoms with Gasteiger partial charge in [0.2, 0.25) is 0 Å². The highest BCUT2D eigenvalue weighted by molar-refractivity contribution is 6.46. The van der Waals surface area contributed by atoms with Crippen LogP contribution >= 0.6 is 0 Å². The molecule has 0 saturated carbocycles. The molecule has 1 aliphatic heterocycles. The number of Topliss-reactive ketones (excluding diaryl/α,β-unsaturated/α-hetero) is 1. The third kappa shape index (κ3) is 4.22. The standard InChI is InChI=1S/C26H32N2O4/c1-6-15-28-23(18-9-12-20(13-10-18)27(7-2)8-3)22(25(30)26(28)31)24(29)19-11-14-21(32-5)17(4)16-19/h9-14,16,23,29H,6-8,15H2,1-5H3/b24-22-. The van der Waals surface area contributed by atoms with Gasteiger partial charge in [0.05, 0.1) is 18.7 Å². The number of aliphatic hydroxyl groups is 1. The molecule has 0 aliphatic carbocycles. The zero-order valence-corrected chi connectivity index (χ0v) is 19.5. The molecule has 6 nitrogen and oxygen atoms in total. The third-order valence-electron chi connectivity index (χ3n) is 6.01. The summed E-state index contributed by atoms with van der Waals surface area (Å²) in [5.41, 5.74) is 3.34. The fourth-order valence-electron chi connectivity index (χ4n) is 4.34. The van der Waals surface area contributed by atoms with Crippen LogP contribution in [-0.2, 0) is 9.59 Å². The van der Waals surface area contributed by atoms with Gasteiger partial charge < -0.3 is 19.6 Å². The molecular formula is C26H32N2O4. The van der Waals surface area contributed by atoms with Crippen molar-refractivity contribution in [2.45, 2.75) is 40.2 Å². The Balaban J connectivity index is 2.12. The number of likely N-dealkylation sites (tertiary alicyclic amines) is 1. The van der Waals surface area contributed by atoms with Gasteiger partial charge in [-0.1, -0.05) is 19.1 Å². The largest absolute Gasteiger partial charge is 0.507 e. The maximum absolute atomic E-state index is 13.0. The lowest BCUT2D eigenvalue weighted by Gasteiger charge is -2.26. The van der Waals surface area contributed by atoms with E-state index in [4.69, 9.17) is 4.74 Å². The summed E-state index contributed by atoms with van der Waals surface area (Å²) in [4.78, 5) is 29.7. The third-order valence-corrected chi connectivity index (χ3v) is 6.01. The van der Waals surface area contributed by atoms with E-state index in [1.54, 1.807) is 30.2 Å². The number of ether oxygens (including phenoxy) is 1. The van der Waals surface area contributed by atoms with Crippen LogP contribution in [0.3, 0.4) is 0 Å². The molecule has 1 fully saturated rings. The number of ketones is 1. The summed E-state index contributed by atoms with van der Waals surface area (Å²) < 4.78 is 5.30. The van der Waals surface area contributed by atoms with Crippen molar-refractivity contribution in [2.24, 2.45) is 0 Å². The molecule has 0 bridgehead atoms. The highest BCUT2D eigenvalue weighted by Gasteiger charge is 2.45.